The number of thioether (sulfide) groups is 1. The molecule has 0 radical (unpaired) electrons. The Bertz CT molecular complexity index is 1250. The van der Waals surface area contributed by atoms with Crippen molar-refractivity contribution >= 4 is 23.5 Å². The van der Waals surface area contributed by atoms with Crippen LogP contribution in [0.25, 0.3) is 11.1 Å². The van der Waals surface area contributed by atoms with E-state index in [9.17, 15) is 9.18 Å². The summed E-state index contributed by atoms with van der Waals surface area (Å²) in [5, 5.41) is 3.23. The topological polar surface area (TPSA) is 63.7 Å². The summed E-state index contributed by atoms with van der Waals surface area (Å²) in [6, 6.07) is 11.3. The van der Waals surface area contributed by atoms with Crippen LogP contribution in [0, 0.1) is 5.82 Å². The van der Waals surface area contributed by atoms with Crippen LogP contribution in [0.1, 0.15) is 28.4 Å². The van der Waals surface area contributed by atoms with E-state index in [0.29, 0.717) is 48.7 Å². The number of nitrogens with one attached hydrogen (secondary N) is 1. The Morgan fingerprint density at radius 1 is 1.15 bits per heavy atom. The van der Waals surface area contributed by atoms with Crippen LogP contribution in [0.2, 0.25) is 0 Å². The van der Waals surface area contributed by atoms with E-state index in [4.69, 9.17) is 9.47 Å². The molecule has 0 saturated carbocycles. The van der Waals surface area contributed by atoms with Gasteiger partial charge in [0.2, 0.25) is 0 Å². The molecule has 1 aromatic heterocycles. The van der Waals surface area contributed by atoms with E-state index in [1.165, 1.54) is 11.8 Å². The van der Waals surface area contributed by atoms with Crippen LogP contribution < -0.4 is 14.8 Å². The maximum Gasteiger partial charge on any atom is 0.254 e. The van der Waals surface area contributed by atoms with Crippen molar-refractivity contribution < 1.29 is 18.7 Å². The summed E-state index contributed by atoms with van der Waals surface area (Å²) in [6.45, 7) is 4.41. The molecule has 34 heavy (non-hydrogen) atoms. The molecule has 0 saturated heterocycles. The van der Waals surface area contributed by atoms with E-state index in [2.05, 4.69) is 10.3 Å². The molecule has 176 valence electrons. The number of ether oxygens (including phenoxy) is 2. The molecular weight excluding hydrogens is 453 g/mol. The first-order valence-electron chi connectivity index (χ1n) is 11.4. The van der Waals surface area contributed by atoms with Gasteiger partial charge in [0, 0.05) is 39.9 Å². The van der Waals surface area contributed by atoms with Crippen LogP contribution in [0.3, 0.4) is 0 Å². The first-order valence-corrected chi connectivity index (χ1v) is 12.6. The zero-order valence-electron chi connectivity index (χ0n) is 19.2. The Labute approximate surface area is 202 Å². The normalized spacial score (nSPS) is 14.7. The number of hydrogen-bond acceptors (Lipinski definition) is 6. The quantitative estimate of drug-likeness (QED) is 0.531. The maximum atomic E-state index is 14.9. The number of carbonyl (C=O) groups is 1. The lowest BCUT2D eigenvalue weighted by Gasteiger charge is -2.22. The summed E-state index contributed by atoms with van der Waals surface area (Å²) in [7, 11) is 0. The van der Waals surface area contributed by atoms with Crippen molar-refractivity contribution in [2.45, 2.75) is 24.8 Å². The minimum Gasteiger partial charge on any atom is -0.491 e. The number of aromatic nitrogens is 1. The largest absolute Gasteiger partial charge is 0.491 e. The lowest BCUT2D eigenvalue weighted by molar-refractivity contribution is 0.0731. The van der Waals surface area contributed by atoms with E-state index in [1.54, 1.807) is 17.0 Å². The third-order valence-electron chi connectivity index (χ3n) is 6.18. The fourth-order valence-electron chi connectivity index (χ4n) is 4.40. The zero-order chi connectivity index (χ0) is 23.7. The zero-order valence-corrected chi connectivity index (χ0v) is 20.0. The smallest absolute Gasteiger partial charge is 0.254 e. The van der Waals surface area contributed by atoms with Gasteiger partial charge in [0.25, 0.3) is 5.91 Å². The lowest BCUT2D eigenvalue weighted by Crippen LogP contribution is -2.33. The second-order valence-electron chi connectivity index (χ2n) is 8.21. The molecule has 2 aliphatic rings. The third kappa shape index (κ3) is 4.18. The van der Waals surface area contributed by atoms with Gasteiger partial charge in [-0.1, -0.05) is 13.0 Å². The van der Waals surface area contributed by atoms with Crippen molar-refractivity contribution in [3.8, 4) is 22.6 Å². The molecule has 1 amide bonds. The Morgan fingerprint density at radius 2 is 2.00 bits per heavy atom. The molecule has 5 rings (SSSR count). The van der Waals surface area contributed by atoms with Gasteiger partial charge in [-0.2, -0.15) is 0 Å². The third-order valence-corrected chi connectivity index (χ3v) is 6.93. The van der Waals surface area contributed by atoms with E-state index >= 15 is 0 Å². The van der Waals surface area contributed by atoms with Gasteiger partial charge >= 0.3 is 0 Å². The fraction of sp³-hybridized carbons (Fsp3) is 0.308. The van der Waals surface area contributed by atoms with Crippen molar-refractivity contribution in [3.05, 3.63) is 65.1 Å². The number of hydrogen-bond donors (Lipinski definition) is 1. The van der Waals surface area contributed by atoms with Gasteiger partial charge < -0.3 is 19.7 Å². The number of carbonyl (C=O) groups excluding carboxylic acids is 1. The molecule has 6 nitrogen and oxygen atoms in total. The van der Waals surface area contributed by atoms with Gasteiger partial charge in [-0.3, -0.25) is 4.79 Å². The number of anilines is 1. The predicted molar refractivity (Wildman–Crippen MR) is 131 cm³/mol. The molecular formula is C26H26FN3O3S. The van der Waals surface area contributed by atoms with Gasteiger partial charge in [-0.15, -0.1) is 11.8 Å². The van der Waals surface area contributed by atoms with Crippen LogP contribution in [-0.2, 0) is 13.0 Å². The first kappa shape index (κ1) is 22.5. The van der Waals surface area contributed by atoms with Crippen LogP contribution >= 0.6 is 11.8 Å². The molecule has 8 heteroatoms. The molecule has 2 aliphatic heterocycles. The van der Waals surface area contributed by atoms with Gasteiger partial charge in [0.05, 0.1) is 13.1 Å². The molecule has 2 aromatic carbocycles. The lowest BCUT2D eigenvalue weighted by atomic mass is 10.0. The Balaban J connectivity index is 1.45. The Kier molecular flexibility index (Phi) is 6.32. The summed E-state index contributed by atoms with van der Waals surface area (Å²) in [5.74, 6) is 1.75. The monoisotopic (exact) mass is 479 g/mol. The van der Waals surface area contributed by atoms with Crippen molar-refractivity contribution in [2.24, 2.45) is 0 Å². The highest BCUT2D eigenvalue weighted by Crippen LogP contribution is 2.34. The number of fused-ring (bicyclic) bond motifs is 2. The number of halogens is 1. The summed E-state index contributed by atoms with van der Waals surface area (Å²) in [6.07, 6.45) is 4.10. The molecule has 0 spiro atoms. The van der Waals surface area contributed by atoms with Crippen LogP contribution in [0.15, 0.2) is 47.5 Å². The summed E-state index contributed by atoms with van der Waals surface area (Å²) in [5.41, 5.74) is 3.67. The van der Waals surface area contributed by atoms with E-state index in [-0.39, 0.29) is 11.7 Å². The summed E-state index contributed by atoms with van der Waals surface area (Å²) in [4.78, 5) is 20.2. The molecule has 0 atom stereocenters. The number of nitrogens with zero attached hydrogens (tertiary/aromatic N) is 2. The summed E-state index contributed by atoms with van der Waals surface area (Å²) < 4.78 is 26.6. The van der Waals surface area contributed by atoms with Crippen molar-refractivity contribution in [1.82, 2.24) is 9.88 Å². The molecule has 0 unspecified atom stereocenters. The van der Waals surface area contributed by atoms with E-state index < -0.39 is 0 Å². The Hall–Kier alpha value is -3.26. The number of benzene rings is 2. The van der Waals surface area contributed by atoms with Crippen molar-refractivity contribution in [3.63, 3.8) is 0 Å². The van der Waals surface area contributed by atoms with E-state index in [0.717, 1.165) is 40.6 Å². The average molecular weight is 480 g/mol. The fourth-order valence-corrected chi connectivity index (χ4v) is 4.90. The number of pyridine rings is 1. The average Bonchev–Trinajstić information content (AvgIpc) is 3.09. The highest BCUT2D eigenvalue weighted by Gasteiger charge is 2.25. The molecule has 0 bridgehead atoms. The van der Waals surface area contributed by atoms with Crippen LogP contribution in [0.5, 0.6) is 11.5 Å². The molecule has 0 fully saturated rings. The van der Waals surface area contributed by atoms with Gasteiger partial charge in [-0.05, 0) is 48.6 Å². The second kappa shape index (κ2) is 9.54. The number of rotatable bonds is 4. The molecule has 3 heterocycles. The molecule has 1 N–H and O–H groups in total. The SMILES string of the molecule is CCc1c(C(=O)N2CCOc3ccc(-c4cnc5c(c4)OCCN5)cc3C2)ccc(SC)c1F. The highest BCUT2D eigenvalue weighted by molar-refractivity contribution is 7.98. The standard InChI is InChI=1S/C26H26FN3O3S/c1-3-19-20(5-7-23(34-2)24(19)27)26(31)30-9-11-33-21-6-4-16(12-18(21)15-30)17-13-22-25(29-14-17)28-8-10-32-22/h4-7,12-14H,3,8-11,15H2,1-2H3,(H,28,29). The first-order chi connectivity index (χ1) is 16.6. The molecule has 3 aromatic rings. The van der Waals surface area contributed by atoms with Crippen LogP contribution in [0.4, 0.5) is 10.2 Å². The minimum absolute atomic E-state index is 0.180. The second-order valence-corrected chi connectivity index (χ2v) is 9.05. The van der Waals surface area contributed by atoms with E-state index in [1.807, 2.05) is 43.6 Å². The number of amides is 1. The predicted octanol–water partition coefficient (Wildman–Crippen LogP) is 5.01. The van der Waals surface area contributed by atoms with Crippen molar-refractivity contribution in [2.75, 3.05) is 37.9 Å². The summed E-state index contributed by atoms with van der Waals surface area (Å²) >= 11 is 1.35. The highest BCUT2D eigenvalue weighted by atomic mass is 32.2. The minimum atomic E-state index is -0.300. The molecule has 0 aliphatic carbocycles. The van der Waals surface area contributed by atoms with Gasteiger partial charge in [-0.25, -0.2) is 9.37 Å². The maximum absolute atomic E-state index is 14.9. The van der Waals surface area contributed by atoms with Gasteiger partial charge in [0.15, 0.2) is 11.6 Å². The Morgan fingerprint density at radius 3 is 2.82 bits per heavy atom. The van der Waals surface area contributed by atoms with Crippen LogP contribution in [-0.4, -0.2) is 48.4 Å². The van der Waals surface area contributed by atoms with Gasteiger partial charge in [0.1, 0.15) is 24.8 Å². The van der Waals surface area contributed by atoms with Crippen molar-refractivity contribution in [1.29, 1.82) is 0 Å².